The summed E-state index contributed by atoms with van der Waals surface area (Å²) in [7, 11) is -2.77. The van der Waals surface area contributed by atoms with Crippen molar-refractivity contribution in [2.24, 2.45) is 0 Å². The molecule has 0 radical (unpaired) electrons. The van der Waals surface area contributed by atoms with Gasteiger partial charge in [0.2, 0.25) is 5.91 Å². The number of nitrogen functional groups attached to an aromatic ring is 1. The molecule has 1 amide bonds. The number of nitrogens with one attached hydrogen (secondary N) is 1. The second kappa shape index (κ2) is 6.38. The fourth-order valence-corrected chi connectivity index (χ4v) is 2.55. The number of esters is 1. The molecule has 0 saturated heterocycles. The summed E-state index contributed by atoms with van der Waals surface area (Å²) in [6.07, 6.45) is 0. The van der Waals surface area contributed by atoms with Gasteiger partial charge in [0.25, 0.3) is 0 Å². The standard InChI is InChI=1S/C12H16N2O5S/c1-8-5-9(13)3-4-10(8)14-11(15)6-20(17,18)7-12(16)19-2/h3-5H,6-7,13H2,1-2H3,(H,14,15). The number of anilines is 2. The van der Waals surface area contributed by atoms with Crippen LogP contribution < -0.4 is 11.1 Å². The van der Waals surface area contributed by atoms with E-state index in [4.69, 9.17) is 5.73 Å². The van der Waals surface area contributed by atoms with Crippen LogP contribution in [0.1, 0.15) is 5.56 Å². The van der Waals surface area contributed by atoms with Crippen LogP contribution in [0.4, 0.5) is 11.4 Å². The summed E-state index contributed by atoms with van der Waals surface area (Å²) < 4.78 is 27.4. The molecule has 0 saturated carbocycles. The highest BCUT2D eigenvalue weighted by Crippen LogP contribution is 2.17. The van der Waals surface area contributed by atoms with E-state index in [1.54, 1.807) is 25.1 Å². The van der Waals surface area contributed by atoms with E-state index in [1.807, 2.05) is 0 Å². The zero-order valence-corrected chi connectivity index (χ0v) is 12.0. The van der Waals surface area contributed by atoms with Crippen LogP contribution in [0.25, 0.3) is 0 Å². The largest absolute Gasteiger partial charge is 0.468 e. The Labute approximate surface area is 117 Å². The molecule has 0 spiro atoms. The second-order valence-corrected chi connectivity index (χ2v) is 6.30. The quantitative estimate of drug-likeness (QED) is 0.588. The zero-order chi connectivity index (χ0) is 15.3. The number of methoxy groups -OCH3 is 1. The minimum atomic E-state index is -3.84. The Hall–Kier alpha value is -2.09. The number of nitrogens with two attached hydrogens (primary N) is 1. The minimum absolute atomic E-state index is 0.470. The van der Waals surface area contributed by atoms with E-state index in [2.05, 4.69) is 10.1 Å². The molecule has 0 unspecified atom stereocenters. The van der Waals surface area contributed by atoms with Crippen molar-refractivity contribution in [1.29, 1.82) is 0 Å². The fourth-order valence-electron chi connectivity index (χ4n) is 1.50. The SMILES string of the molecule is COC(=O)CS(=O)(=O)CC(=O)Nc1ccc(N)cc1C. The van der Waals surface area contributed by atoms with Crippen LogP contribution in [-0.2, 0) is 24.2 Å². The van der Waals surface area contributed by atoms with E-state index in [0.717, 1.165) is 7.11 Å². The zero-order valence-electron chi connectivity index (χ0n) is 11.2. The Balaban J connectivity index is 2.70. The van der Waals surface area contributed by atoms with Gasteiger partial charge in [0.05, 0.1) is 7.11 Å². The van der Waals surface area contributed by atoms with Crippen LogP contribution >= 0.6 is 0 Å². The van der Waals surface area contributed by atoms with Gasteiger partial charge in [-0.3, -0.25) is 9.59 Å². The predicted molar refractivity (Wildman–Crippen MR) is 74.9 cm³/mol. The highest BCUT2D eigenvalue weighted by molar-refractivity contribution is 7.92. The summed E-state index contributed by atoms with van der Waals surface area (Å²) in [6, 6.07) is 4.82. The van der Waals surface area contributed by atoms with Gasteiger partial charge in [0.15, 0.2) is 9.84 Å². The highest BCUT2D eigenvalue weighted by Gasteiger charge is 2.21. The number of hydrogen-bond acceptors (Lipinski definition) is 6. The number of ether oxygens (including phenoxy) is 1. The van der Waals surface area contributed by atoms with Crippen LogP contribution in [0.2, 0.25) is 0 Å². The molecule has 1 rings (SSSR count). The van der Waals surface area contributed by atoms with E-state index < -0.39 is 33.2 Å². The molecule has 0 fully saturated rings. The average Bonchev–Trinajstić information content (AvgIpc) is 2.31. The van der Waals surface area contributed by atoms with Crippen LogP contribution in [0.3, 0.4) is 0 Å². The smallest absolute Gasteiger partial charge is 0.320 e. The Morgan fingerprint density at radius 3 is 2.50 bits per heavy atom. The molecule has 8 heteroatoms. The highest BCUT2D eigenvalue weighted by atomic mass is 32.2. The number of benzene rings is 1. The average molecular weight is 300 g/mol. The van der Waals surface area contributed by atoms with E-state index >= 15 is 0 Å². The van der Waals surface area contributed by atoms with Crippen LogP contribution in [0.5, 0.6) is 0 Å². The molecule has 110 valence electrons. The van der Waals surface area contributed by atoms with E-state index in [0.29, 0.717) is 16.9 Å². The lowest BCUT2D eigenvalue weighted by atomic mass is 10.2. The molecule has 0 aliphatic rings. The van der Waals surface area contributed by atoms with Gasteiger partial charge in [-0.2, -0.15) is 0 Å². The Kier molecular flexibility index (Phi) is 5.09. The van der Waals surface area contributed by atoms with Crippen molar-refractivity contribution in [3.8, 4) is 0 Å². The molecule has 0 aliphatic heterocycles. The third-order valence-corrected chi connectivity index (χ3v) is 3.82. The molecule has 0 aliphatic carbocycles. The summed E-state index contributed by atoms with van der Waals surface area (Å²) in [6.45, 7) is 1.73. The van der Waals surface area contributed by atoms with Crippen molar-refractivity contribution in [1.82, 2.24) is 0 Å². The first-order valence-electron chi connectivity index (χ1n) is 5.67. The minimum Gasteiger partial charge on any atom is -0.468 e. The number of amides is 1. The number of sulfone groups is 1. The summed E-state index contributed by atoms with van der Waals surface area (Å²) in [5.41, 5.74) is 7.29. The lowest BCUT2D eigenvalue weighted by molar-refractivity contribution is -0.137. The fraction of sp³-hybridized carbons (Fsp3) is 0.333. The summed E-state index contributed by atoms with van der Waals surface area (Å²) >= 11 is 0. The number of hydrogen-bond donors (Lipinski definition) is 2. The first-order chi connectivity index (χ1) is 9.23. The van der Waals surface area contributed by atoms with Gasteiger partial charge in [-0.25, -0.2) is 8.42 Å². The Morgan fingerprint density at radius 1 is 1.30 bits per heavy atom. The topological polar surface area (TPSA) is 116 Å². The maximum Gasteiger partial charge on any atom is 0.320 e. The second-order valence-electron chi connectivity index (χ2n) is 4.23. The molecular weight excluding hydrogens is 284 g/mol. The Bertz CT molecular complexity index is 625. The van der Waals surface area contributed by atoms with Gasteiger partial charge in [-0.05, 0) is 30.7 Å². The molecular formula is C12H16N2O5S. The van der Waals surface area contributed by atoms with E-state index in [9.17, 15) is 18.0 Å². The maximum atomic E-state index is 11.7. The van der Waals surface area contributed by atoms with Gasteiger partial charge in [-0.15, -0.1) is 0 Å². The molecule has 20 heavy (non-hydrogen) atoms. The van der Waals surface area contributed by atoms with Crippen molar-refractivity contribution in [2.45, 2.75) is 6.92 Å². The molecule has 3 N–H and O–H groups in total. The monoisotopic (exact) mass is 300 g/mol. The first-order valence-corrected chi connectivity index (χ1v) is 7.49. The van der Waals surface area contributed by atoms with E-state index in [1.165, 1.54) is 0 Å². The van der Waals surface area contributed by atoms with Gasteiger partial charge in [-0.1, -0.05) is 0 Å². The van der Waals surface area contributed by atoms with Crippen molar-refractivity contribution in [3.63, 3.8) is 0 Å². The predicted octanol–water partition coefficient (Wildman–Crippen LogP) is 0.104. The van der Waals surface area contributed by atoms with Crippen molar-refractivity contribution in [2.75, 3.05) is 29.7 Å². The van der Waals surface area contributed by atoms with Gasteiger partial charge < -0.3 is 15.8 Å². The lowest BCUT2D eigenvalue weighted by Crippen LogP contribution is -2.28. The number of carbonyl (C=O) groups excluding carboxylic acids is 2. The van der Waals surface area contributed by atoms with Crippen LogP contribution in [0, 0.1) is 6.92 Å². The van der Waals surface area contributed by atoms with Crippen molar-refractivity contribution < 1.29 is 22.7 Å². The molecule has 1 aromatic carbocycles. The number of rotatable bonds is 5. The molecule has 0 aromatic heterocycles. The summed E-state index contributed by atoms with van der Waals surface area (Å²) in [5.74, 6) is -3.23. The molecule has 0 bridgehead atoms. The van der Waals surface area contributed by atoms with Gasteiger partial charge >= 0.3 is 5.97 Å². The van der Waals surface area contributed by atoms with Crippen LogP contribution in [-0.4, -0.2) is 38.9 Å². The summed E-state index contributed by atoms with van der Waals surface area (Å²) in [4.78, 5) is 22.6. The Morgan fingerprint density at radius 2 is 1.95 bits per heavy atom. The third-order valence-electron chi connectivity index (χ3n) is 2.44. The number of aryl methyl sites for hydroxylation is 1. The third kappa shape index (κ3) is 4.88. The molecule has 0 heterocycles. The van der Waals surface area contributed by atoms with E-state index in [-0.39, 0.29) is 0 Å². The maximum absolute atomic E-state index is 11.7. The van der Waals surface area contributed by atoms with Crippen LogP contribution in [0.15, 0.2) is 18.2 Å². The first kappa shape index (κ1) is 16.0. The summed E-state index contributed by atoms with van der Waals surface area (Å²) in [5, 5.41) is 2.46. The molecule has 7 nitrogen and oxygen atoms in total. The molecule has 1 aromatic rings. The van der Waals surface area contributed by atoms with Crippen molar-refractivity contribution in [3.05, 3.63) is 23.8 Å². The van der Waals surface area contributed by atoms with Gasteiger partial charge in [0.1, 0.15) is 11.5 Å². The number of carbonyl (C=O) groups is 2. The van der Waals surface area contributed by atoms with Gasteiger partial charge in [0, 0.05) is 11.4 Å². The van der Waals surface area contributed by atoms with Crippen molar-refractivity contribution >= 4 is 33.1 Å². The molecule has 0 atom stereocenters. The normalized spacial score (nSPS) is 10.9. The lowest BCUT2D eigenvalue weighted by Gasteiger charge is -2.09.